The Morgan fingerprint density at radius 3 is 2.81 bits per heavy atom. The van der Waals surface area contributed by atoms with E-state index < -0.39 is 11.6 Å². The molecule has 5 nitrogen and oxygen atoms in total. The zero-order chi connectivity index (χ0) is 22.0. The average molecular weight is 458 g/mol. The molecule has 1 N–H and O–H groups in total. The van der Waals surface area contributed by atoms with Crippen molar-refractivity contribution in [2.24, 2.45) is 0 Å². The summed E-state index contributed by atoms with van der Waals surface area (Å²) in [5.74, 6) is -1.77. The van der Waals surface area contributed by atoms with E-state index in [1.165, 1.54) is 22.0 Å². The van der Waals surface area contributed by atoms with Gasteiger partial charge in [-0.3, -0.25) is 14.2 Å². The molecule has 2 aromatic carbocycles. The first kappa shape index (κ1) is 21.2. The summed E-state index contributed by atoms with van der Waals surface area (Å²) in [5.41, 5.74) is 2.24. The predicted octanol–water partition coefficient (Wildman–Crippen LogP) is 4.44. The summed E-state index contributed by atoms with van der Waals surface area (Å²) in [4.78, 5) is 30.0. The third-order valence-electron chi connectivity index (χ3n) is 4.53. The molecule has 4 rings (SSSR count). The van der Waals surface area contributed by atoms with Crippen LogP contribution in [-0.4, -0.2) is 21.2 Å². The van der Waals surface area contributed by atoms with Gasteiger partial charge in [-0.05, 0) is 42.1 Å². The second-order valence-electron chi connectivity index (χ2n) is 6.81. The highest BCUT2D eigenvalue weighted by Crippen LogP contribution is 2.24. The van der Waals surface area contributed by atoms with Gasteiger partial charge in [0.1, 0.15) is 16.3 Å². The molecule has 1 amide bonds. The molecule has 2 aromatic heterocycles. The average Bonchev–Trinajstić information content (AvgIpc) is 3.20. The fraction of sp³-hybridized carbons (Fsp3) is 0.136. The molecular formula is C22H17F2N3O2S2. The second kappa shape index (κ2) is 8.99. The molecule has 0 aliphatic heterocycles. The van der Waals surface area contributed by atoms with Crippen LogP contribution < -0.4 is 10.9 Å². The minimum Gasteiger partial charge on any atom is -0.351 e. The van der Waals surface area contributed by atoms with Gasteiger partial charge in [0.25, 0.3) is 5.56 Å². The maximum Gasteiger partial charge on any atom is 0.276 e. The number of amides is 1. The highest BCUT2D eigenvalue weighted by Gasteiger charge is 2.16. The number of rotatable bonds is 6. The first-order valence-corrected chi connectivity index (χ1v) is 11.2. The Kier molecular flexibility index (Phi) is 6.15. The number of benzene rings is 2. The lowest BCUT2D eigenvalue weighted by Crippen LogP contribution is -2.26. The Bertz CT molecular complexity index is 1330. The number of thiophene rings is 1. The molecular weight excluding hydrogens is 440 g/mol. The summed E-state index contributed by atoms with van der Waals surface area (Å²) < 4.78 is 28.8. The molecule has 0 aliphatic carbocycles. The number of hydrogen-bond acceptors (Lipinski definition) is 5. The molecule has 0 fully saturated rings. The fourth-order valence-corrected chi connectivity index (χ4v) is 4.63. The number of halogens is 2. The van der Waals surface area contributed by atoms with Gasteiger partial charge in [0.15, 0.2) is 5.16 Å². The van der Waals surface area contributed by atoms with Gasteiger partial charge >= 0.3 is 0 Å². The Labute approximate surface area is 184 Å². The van der Waals surface area contributed by atoms with Gasteiger partial charge in [0.05, 0.1) is 17.0 Å². The SMILES string of the molecule is Cc1cccc(-n2c(SCC(=O)NCc3ccc(F)cc3F)nc3ccsc3c2=O)c1. The normalized spacial score (nSPS) is 11.1. The lowest BCUT2D eigenvalue weighted by Gasteiger charge is -2.13. The Hall–Kier alpha value is -3.04. The number of thioether (sulfide) groups is 1. The van der Waals surface area contributed by atoms with Gasteiger partial charge in [0, 0.05) is 18.2 Å². The van der Waals surface area contributed by atoms with E-state index in [0.717, 1.165) is 29.5 Å². The molecule has 0 bridgehead atoms. The predicted molar refractivity (Wildman–Crippen MR) is 119 cm³/mol. The number of carbonyl (C=O) groups excluding carboxylic acids is 1. The maximum absolute atomic E-state index is 13.7. The molecule has 9 heteroatoms. The lowest BCUT2D eigenvalue weighted by molar-refractivity contribution is -0.118. The van der Waals surface area contributed by atoms with Gasteiger partial charge < -0.3 is 5.32 Å². The van der Waals surface area contributed by atoms with E-state index >= 15 is 0 Å². The molecule has 0 spiro atoms. The van der Waals surface area contributed by atoms with Crippen LogP contribution in [-0.2, 0) is 11.3 Å². The van der Waals surface area contributed by atoms with Gasteiger partial charge in [-0.2, -0.15) is 0 Å². The van der Waals surface area contributed by atoms with Gasteiger partial charge in [-0.25, -0.2) is 13.8 Å². The summed E-state index contributed by atoms with van der Waals surface area (Å²) in [6, 6.07) is 12.5. The number of nitrogens with one attached hydrogen (secondary N) is 1. The van der Waals surface area contributed by atoms with Crippen LogP contribution in [0, 0.1) is 18.6 Å². The summed E-state index contributed by atoms with van der Waals surface area (Å²) in [6.07, 6.45) is 0. The maximum atomic E-state index is 13.7. The van der Waals surface area contributed by atoms with Crippen molar-refractivity contribution in [2.45, 2.75) is 18.6 Å². The Morgan fingerprint density at radius 2 is 2.03 bits per heavy atom. The summed E-state index contributed by atoms with van der Waals surface area (Å²) in [7, 11) is 0. The number of fused-ring (bicyclic) bond motifs is 1. The van der Waals surface area contributed by atoms with E-state index in [1.807, 2.05) is 31.2 Å². The highest BCUT2D eigenvalue weighted by molar-refractivity contribution is 7.99. The van der Waals surface area contributed by atoms with E-state index in [9.17, 15) is 18.4 Å². The largest absolute Gasteiger partial charge is 0.351 e. The first-order chi connectivity index (χ1) is 14.9. The molecule has 0 atom stereocenters. The Balaban J connectivity index is 1.55. The van der Waals surface area contributed by atoms with E-state index in [0.29, 0.717) is 21.1 Å². The van der Waals surface area contributed by atoms with Crippen molar-refractivity contribution in [2.75, 3.05) is 5.75 Å². The molecule has 4 aromatic rings. The van der Waals surface area contributed by atoms with Crippen molar-refractivity contribution in [3.63, 3.8) is 0 Å². The van der Waals surface area contributed by atoms with Crippen molar-refractivity contribution < 1.29 is 13.6 Å². The van der Waals surface area contributed by atoms with Crippen LogP contribution in [0.4, 0.5) is 8.78 Å². The molecule has 31 heavy (non-hydrogen) atoms. The summed E-state index contributed by atoms with van der Waals surface area (Å²) >= 11 is 2.44. The van der Waals surface area contributed by atoms with Crippen LogP contribution in [0.2, 0.25) is 0 Å². The van der Waals surface area contributed by atoms with E-state index in [1.54, 1.807) is 11.4 Å². The first-order valence-electron chi connectivity index (χ1n) is 9.33. The zero-order valence-electron chi connectivity index (χ0n) is 16.4. The van der Waals surface area contributed by atoms with E-state index in [2.05, 4.69) is 10.3 Å². The second-order valence-corrected chi connectivity index (χ2v) is 8.67. The van der Waals surface area contributed by atoms with Crippen molar-refractivity contribution in [3.8, 4) is 5.69 Å². The lowest BCUT2D eigenvalue weighted by atomic mass is 10.2. The van der Waals surface area contributed by atoms with Crippen LogP contribution in [0.25, 0.3) is 15.9 Å². The van der Waals surface area contributed by atoms with E-state index in [4.69, 9.17) is 0 Å². The molecule has 0 unspecified atom stereocenters. The fourth-order valence-electron chi connectivity index (χ4n) is 3.02. The molecule has 0 aliphatic rings. The number of aryl methyl sites for hydroxylation is 1. The summed E-state index contributed by atoms with van der Waals surface area (Å²) in [6.45, 7) is 1.87. The molecule has 0 saturated heterocycles. The highest BCUT2D eigenvalue weighted by atomic mass is 32.2. The topological polar surface area (TPSA) is 64.0 Å². The van der Waals surface area contributed by atoms with E-state index in [-0.39, 0.29) is 29.3 Å². The van der Waals surface area contributed by atoms with Gasteiger partial charge in [-0.15, -0.1) is 11.3 Å². The van der Waals surface area contributed by atoms with Crippen molar-refractivity contribution in [3.05, 3.63) is 87.0 Å². The van der Waals surface area contributed by atoms with Gasteiger partial charge in [-0.1, -0.05) is 30.0 Å². The standard InChI is InChI=1S/C22H17F2N3O2S2/c1-13-3-2-4-16(9-13)27-21(29)20-18(7-8-30-20)26-22(27)31-12-19(28)25-11-14-5-6-15(23)10-17(14)24/h2-10H,11-12H2,1H3,(H,25,28). The minimum atomic E-state index is -0.717. The van der Waals surface area contributed by atoms with Crippen LogP contribution in [0.1, 0.15) is 11.1 Å². The summed E-state index contributed by atoms with van der Waals surface area (Å²) in [5, 5.41) is 4.81. The quantitative estimate of drug-likeness (QED) is 0.343. The molecule has 0 radical (unpaired) electrons. The number of aromatic nitrogens is 2. The monoisotopic (exact) mass is 457 g/mol. The molecule has 2 heterocycles. The number of carbonyl (C=O) groups is 1. The van der Waals surface area contributed by atoms with Crippen LogP contribution in [0.5, 0.6) is 0 Å². The van der Waals surface area contributed by atoms with Crippen molar-refractivity contribution in [1.29, 1.82) is 0 Å². The smallest absolute Gasteiger partial charge is 0.276 e. The number of hydrogen-bond donors (Lipinski definition) is 1. The molecule has 0 saturated carbocycles. The number of nitrogens with zero attached hydrogens (tertiary/aromatic N) is 2. The minimum absolute atomic E-state index is 0.0171. The van der Waals surface area contributed by atoms with Crippen LogP contribution in [0.3, 0.4) is 0 Å². The van der Waals surface area contributed by atoms with Crippen molar-refractivity contribution in [1.82, 2.24) is 14.9 Å². The van der Waals surface area contributed by atoms with Crippen LogP contribution >= 0.6 is 23.1 Å². The third kappa shape index (κ3) is 4.67. The van der Waals surface area contributed by atoms with Crippen LogP contribution in [0.15, 0.2) is 63.9 Å². The third-order valence-corrected chi connectivity index (χ3v) is 6.36. The molecule has 158 valence electrons. The van der Waals surface area contributed by atoms with Gasteiger partial charge in [0.2, 0.25) is 5.91 Å². The zero-order valence-corrected chi connectivity index (χ0v) is 18.0. The van der Waals surface area contributed by atoms with Crippen molar-refractivity contribution >= 4 is 39.2 Å². The Morgan fingerprint density at radius 1 is 1.19 bits per heavy atom.